The second-order valence-corrected chi connectivity index (χ2v) is 8.14. The lowest BCUT2D eigenvalue weighted by Gasteiger charge is -2.19. The minimum Gasteiger partial charge on any atom is -0.309 e. The summed E-state index contributed by atoms with van der Waals surface area (Å²) in [4.78, 5) is 19.1. The summed E-state index contributed by atoms with van der Waals surface area (Å²) in [6.45, 7) is 0.451. The van der Waals surface area contributed by atoms with Crippen molar-refractivity contribution in [1.82, 2.24) is 15.2 Å². The van der Waals surface area contributed by atoms with Crippen LogP contribution in [0.25, 0.3) is 27.9 Å². The molecular weight excluding hydrogens is 414 g/mol. The Morgan fingerprint density at radius 3 is 2.20 bits per heavy atom. The molecule has 2 heterocycles. The number of nitrogens with one attached hydrogen (secondary N) is 1. The van der Waals surface area contributed by atoms with Crippen LogP contribution in [-0.4, -0.2) is 21.3 Å². The van der Waals surface area contributed by atoms with Crippen LogP contribution >= 0.6 is 24.2 Å². The Kier molecular flexibility index (Phi) is 4.85. The average Bonchev–Trinajstić information content (AvgIpc) is 3.02. The van der Waals surface area contributed by atoms with Gasteiger partial charge in [0.1, 0.15) is 5.37 Å². The highest BCUT2D eigenvalue weighted by Gasteiger charge is 2.32. The minimum absolute atomic E-state index is 0.168. The smallest absolute Gasteiger partial charge is 0.309 e. The Balaban J connectivity index is 1.57. The van der Waals surface area contributed by atoms with E-state index in [0.29, 0.717) is 11.6 Å². The van der Waals surface area contributed by atoms with Crippen LogP contribution in [0.4, 0.5) is 4.79 Å². The van der Waals surface area contributed by atoms with Gasteiger partial charge in [-0.2, -0.15) is 0 Å². The highest BCUT2D eigenvalue weighted by molar-refractivity contribution is 7.81. The van der Waals surface area contributed by atoms with Crippen molar-refractivity contribution in [3.8, 4) is 0 Å². The molecule has 0 aliphatic carbocycles. The van der Waals surface area contributed by atoms with Gasteiger partial charge in [-0.25, -0.2) is 9.78 Å². The van der Waals surface area contributed by atoms with Crippen molar-refractivity contribution in [2.45, 2.75) is 11.9 Å². The van der Waals surface area contributed by atoms with Gasteiger partial charge in [0.05, 0.1) is 16.7 Å². The molecule has 0 bridgehead atoms. The molecule has 148 valence electrons. The molecule has 4 nitrogen and oxygen atoms in total. The number of urea groups is 1. The summed E-state index contributed by atoms with van der Waals surface area (Å²) in [5.74, 6) is 0. The number of amides is 2. The fourth-order valence-corrected chi connectivity index (χ4v) is 4.23. The zero-order valence-corrected chi connectivity index (χ0v) is 17.6. The third-order valence-corrected chi connectivity index (χ3v) is 6.09. The number of rotatable bonds is 3. The van der Waals surface area contributed by atoms with E-state index in [4.69, 9.17) is 29.2 Å². The van der Waals surface area contributed by atoms with Crippen molar-refractivity contribution in [3.05, 3.63) is 94.6 Å². The predicted molar refractivity (Wildman–Crippen MR) is 126 cm³/mol. The van der Waals surface area contributed by atoms with Gasteiger partial charge in [-0.05, 0) is 41.5 Å². The maximum Gasteiger partial charge on any atom is 0.323 e. The Labute approximate surface area is 184 Å². The number of nitrogens with zero attached hydrogens (tertiary/aromatic N) is 2. The molecule has 1 aliphatic heterocycles. The molecule has 6 heteroatoms. The first-order valence-corrected chi connectivity index (χ1v) is 10.5. The molecule has 1 atom stereocenters. The summed E-state index contributed by atoms with van der Waals surface area (Å²) in [7, 11) is 0. The van der Waals surface area contributed by atoms with Crippen LogP contribution in [0.3, 0.4) is 0 Å². The van der Waals surface area contributed by atoms with Gasteiger partial charge in [0.2, 0.25) is 0 Å². The van der Waals surface area contributed by atoms with E-state index in [-0.39, 0.29) is 11.4 Å². The van der Waals surface area contributed by atoms with E-state index in [1.807, 2.05) is 66.7 Å². The number of benzene rings is 3. The third kappa shape index (κ3) is 3.40. The molecule has 4 aromatic rings. The molecule has 1 unspecified atom stereocenters. The quantitative estimate of drug-likeness (QED) is 0.315. The van der Waals surface area contributed by atoms with Crippen LogP contribution in [0, 0.1) is 0 Å². The van der Waals surface area contributed by atoms with Crippen LogP contribution in [0.2, 0.25) is 5.02 Å². The number of fused-ring (bicyclic) bond motifs is 2. The van der Waals surface area contributed by atoms with Gasteiger partial charge in [0.15, 0.2) is 0 Å². The molecule has 1 aromatic heterocycles. The number of halogens is 1. The van der Waals surface area contributed by atoms with Gasteiger partial charge in [-0.3, -0.25) is 0 Å². The van der Waals surface area contributed by atoms with Gasteiger partial charge in [-0.15, -0.1) is 12.6 Å². The standard InChI is InChI=1S/C24H18ClN3OS/c25-16-11-9-15(10-12-16)14-28-23(30)22(27-24(28)29)13-19-17-5-1-3-7-20(17)26-21-8-4-2-6-18(19)21/h1-13,23,30H,14H2,(H,27,29). The summed E-state index contributed by atoms with van der Waals surface area (Å²) in [6.07, 6.45) is 2.02. The molecule has 0 radical (unpaired) electrons. The number of pyridine rings is 1. The van der Waals surface area contributed by atoms with E-state index in [1.165, 1.54) is 0 Å². The minimum atomic E-state index is -0.376. The summed E-state index contributed by atoms with van der Waals surface area (Å²) >= 11 is 10.7. The molecule has 1 fully saturated rings. The van der Waals surface area contributed by atoms with Gasteiger partial charge in [0.25, 0.3) is 0 Å². The van der Waals surface area contributed by atoms with Crippen molar-refractivity contribution >= 4 is 58.1 Å². The Morgan fingerprint density at radius 1 is 0.967 bits per heavy atom. The van der Waals surface area contributed by atoms with Crippen molar-refractivity contribution in [2.75, 3.05) is 0 Å². The van der Waals surface area contributed by atoms with Crippen LogP contribution < -0.4 is 5.32 Å². The molecular formula is C24H18ClN3OS. The first kappa shape index (κ1) is 19.0. The van der Waals surface area contributed by atoms with Crippen LogP contribution in [0.5, 0.6) is 0 Å². The van der Waals surface area contributed by atoms with Gasteiger partial charge < -0.3 is 10.2 Å². The monoisotopic (exact) mass is 431 g/mol. The highest BCUT2D eigenvalue weighted by atomic mass is 35.5. The topological polar surface area (TPSA) is 45.2 Å². The fraction of sp³-hybridized carbons (Fsp3) is 0.0833. The van der Waals surface area contributed by atoms with Crippen molar-refractivity contribution < 1.29 is 4.79 Å². The number of hydrogen-bond donors (Lipinski definition) is 2. The predicted octanol–water partition coefficient (Wildman–Crippen LogP) is 5.86. The van der Waals surface area contributed by atoms with Crippen molar-refractivity contribution in [2.24, 2.45) is 0 Å². The molecule has 1 aliphatic rings. The van der Waals surface area contributed by atoms with Crippen molar-refractivity contribution in [3.63, 3.8) is 0 Å². The summed E-state index contributed by atoms with van der Waals surface area (Å²) in [5.41, 5.74) is 4.61. The van der Waals surface area contributed by atoms with E-state index >= 15 is 0 Å². The average molecular weight is 432 g/mol. The second kappa shape index (κ2) is 7.67. The second-order valence-electron chi connectivity index (χ2n) is 7.22. The fourth-order valence-electron chi connectivity index (χ4n) is 3.78. The first-order valence-electron chi connectivity index (χ1n) is 9.59. The number of carbonyl (C=O) groups excluding carboxylic acids is 1. The van der Waals surface area contributed by atoms with E-state index in [9.17, 15) is 4.79 Å². The lowest BCUT2D eigenvalue weighted by atomic mass is 10.0. The summed E-state index contributed by atoms with van der Waals surface area (Å²) in [6, 6.07) is 23.4. The van der Waals surface area contributed by atoms with E-state index in [1.54, 1.807) is 4.90 Å². The summed E-state index contributed by atoms with van der Waals surface area (Å²) < 4.78 is 0. The lowest BCUT2D eigenvalue weighted by molar-refractivity contribution is 0.213. The maximum absolute atomic E-state index is 12.7. The molecule has 5 rings (SSSR count). The number of hydrogen-bond acceptors (Lipinski definition) is 3. The van der Waals surface area contributed by atoms with Crippen LogP contribution in [0.1, 0.15) is 11.1 Å². The van der Waals surface area contributed by atoms with Gasteiger partial charge in [-0.1, -0.05) is 60.1 Å². The zero-order valence-electron chi connectivity index (χ0n) is 15.9. The normalized spacial score (nSPS) is 17.8. The molecule has 30 heavy (non-hydrogen) atoms. The van der Waals surface area contributed by atoms with Crippen LogP contribution in [-0.2, 0) is 6.54 Å². The molecule has 2 amide bonds. The zero-order chi connectivity index (χ0) is 20.7. The van der Waals surface area contributed by atoms with Crippen LogP contribution in [0.15, 0.2) is 78.5 Å². The SMILES string of the molecule is O=C1NC(=Cc2c3ccccc3nc3ccccc23)C(S)N1Cc1ccc(Cl)cc1. The highest BCUT2D eigenvalue weighted by Crippen LogP contribution is 2.31. The van der Waals surface area contributed by atoms with Gasteiger partial charge >= 0.3 is 6.03 Å². The van der Waals surface area contributed by atoms with E-state index < -0.39 is 0 Å². The molecule has 0 spiro atoms. The Morgan fingerprint density at radius 2 is 1.57 bits per heavy atom. The molecule has 0 saturated carbocycles. The first-order chi connectivity index (χ1) is 14.6. The molecule has 1 N–H and O–H groups in total. The maximum atomic E-state index is 12.7. The summed E-state index contributed by atoms with van der Waals surface area (Å²) in [5, 5.41) is 5.36. The third-order valence-electron chi connectivity index (χ3n) is 5.28. The lowest BCUT2D eigenvalue weighted by Crippen LogP contribution is -2.30. The molecule has 3 aromatic carbocycles. The van der Waals surface area contributed by atoms with E-state index in [0.717, 1.165) is 38.6 Å². The number of para-hydroxylation sites is 2. The largest absolute Gasteiger partial charge is 0.323 e. The number of aromatic nitrogens is 1. The Bertz CT molecular complexity index is 1250. The Hall–Kier alpha value is -3.02. The number of carbonyl (C=O) groups is 1. The number of thiol groups is 1. The van der Waals surface area contributed by atoms with Gasteiger partial charge in [0, 0.05) is 22.3 Å². The van der Waals surface area contributed by atoms with E-state index in [2.05, 4.69) is 17.4 Å². The van der Waals surface area contributed by atoms with Crippen molar-refractivity contribution in [1.29, 1.82) is 0 Å². The molecule has 1 saturated heterocycles.